The van der Waals surface area contributed by atoms with Crippen LogP contribution in [0.4, 0.5) is 0 Å². The lowest BCUT2D eigenvalue weighted by Crippen LogP contribution is -2.18. The Morgan fingerprint density at radius 2 is 2.00 bits per heavy atom. The van der Waals surface area contributed by atoms with Crippen molar-refractivity contribution < 1.29 is 14.5 Å². The highest BCUT2D eigenvalue weighted by Crippen LogP contribution is 2.37. The van der Waals surface area contributed by atoms with Crippen molar-refractivity contribution in [3.05, 3.63) is 64.4 Å². The third kappa shape index (κ3) is 4.11. The van der Waals surface area contributed by atoms with Gasteiger partial charge in [-0.25, -0.2) is 19.6 Å². The first-order valence-corrected chi connectivity index (χ1v) is 11.4. The van der Waals surface area contributed by atoms with Gasteiger partial charge in [-0.3, -0.25) is 0 Å². The molecule has 4 aromatic rings. The quantitative estimate of drug-likeness (QED) is 0.279. The van der Waals surface area contributed by atoms with Gasteiger partial charge in [-0.15, -0.1) is 5.10 Å². The van der Waals surface area contributed by atoms with E-state index in [0.717, 1.165) is 41.1 Å². The lowest BCUT2D eigenvalue weighted by Gasteiger charge is -2.22. The number of fused-ring (bicyclic) bond motifs is 1. The molecule has 0 radical (unpaired) electrons. The molecule has 4 heterocycles. The van der Waals surface area contributed by atoms with Gasteiger partial charge in [-0.1, -0.05) is 6.07 Å². The Bertz CT molecular complexity index is 1300. The summed E-state index contributed by atoms with van der Waals surface area (Å²) in [5.41, 5.74) is 3.39. The molecule has 0 saturated carbocycles. The maximum atomic E-state index is 5.38. The Morgan fingerprint density at radius 1 is 1.12 bits per heavy atom. The van der Waals surface area contributed by atoms with Crippen LogP contribution in [0.1, 0.15) is 35.8 Å². The summed E-state index contributed by atoms with van der Waals surface area (Å²) in [4.78, 5) is 24.1. The van der Waals surface area contributed by atoms with Crippen LogP contribution in [0.15, 0.2) is 47.3 Å². The minimum Gasteiger partial charge on any atom is -0.496 e. The van der Waals surface area contributed by atoms with Crippen molar-refractivity contribution in [3.63, 3.8) is 0 Å². The van der Waals surface area contributed by atoms with Crippen LogP contribution in [0.25, 0.3) is 17.2 Å². The van der Waals surface area contributed by atoms with E-state index in [1.807, 2.05) is 40.6 Å². The number of nitrogens with zero attached hydrogens (tertiary/aromatic N) is 6. The fraction of sp³-hybridized carbons (Fsp3) is 0.304. The minimum atomic E-state index is 0.144. The van der Waals surface area contributed by atoms with E-state index >= 15 is 0 Å². The number of rotatable bonds is 6. The smallest absolute Gasteiger partial charge is 0.281 e. The Morgan fingerprint density at radius 3 is 2.73 bits per heavy atom. The van der Waals surface area contributed by atoms with Crippen molar-refractivity contribution in [2.45, 2.75) is 32.2 Å². The topological polar surface area (TPSA) is 89.1 Å². The molecule has 0 spiro atoms. The highest BCUT2D eigenvalue weighted by molar-refractivity contribution is 9.10. The van der Waals surface area contributed by atoms with Crippen LogP contribution in [-0.4, -0.2) is 43.5 Å². The summed E-state index contributed by atoms with van der Waals surface area (Å²) in [6.45, 7) is 2.75. The fourth-order valence-corrected chi connectivity index (χ4v) is 4.68. The molecule has 5 rings (SSSR count). The number of halogens is 1. The third-order valence-corrected chi connectivity index (χ3v) is 6.29. The zero-order valence-corrected chi connectivity index (χ0v) is 20.1. The number of methoxy groups -OCH3 is 1. The molecule has 0 saturated heterocycles. The van der Waals surface area contributed by atoms with Gasteiger partial charge < -0.3 is 14.2 Å². The number of hydrogen-bond donors (Lipinski definition) is 0. The minimum absolute atomic E-state index is 0.144. The highest BCUT2D eigenvalue weighted by Gasteiger charge is 2.27. The first kappa shape index (κ1) is 21.6. The van der Waals surface area contributed by atoms with E-state index in [4.69, 9.17) is 24.6 Å². The number of imidazole rings is 1. The van der Waals surface area contributed by atoms with E-state index in [9.17, 15) is 0 Å². The first-order valence-electron chi connectivity index (χ1n) is 10.6. The van der Waals surface area contributed by atoms with E-state index in [-0.39, 0.29) is 5.92 Å². The molecule has 0 amide bonds. The van der Waals surface area contributed by atoms with Crippen LogP contribution < -0.4 is 9.62 Å². The van der Waals surface area contributed by atoms with Gasteiger partial charge >= 0.3 is 0 Å². The van der Waals surface area contributed by atoms with Crippen molar-refractivity contribution in [1.29, 1.82) is 0 Å². The van der Waals surface area contributed by atoms with Crippen LogP contribution in [0, 0.1) is 6.92 Å². The molecule has 170 valence electrons. The lowest BCUT2D eigenvalue weighted by molar-refractivity contribution is -0.181. The summed E-state index contributed by atoms with van der Waals surface area (Å²) in [6, 6.07) is 9.94. The molecule has 0 bridgehead atoms. The summed E-state index contributed by atoms with van der Waals surface area (Å²) in [6.07, 6.45) is 5.62. The predicted octanol–water partition coefficient (Wildman–Crippen LogP) is 4.47. The summed E-state index contributed by atoms with van der Waals surface area (Å²) in [7, 11) is 3.11. The zero-order chi connectivity index (χ0) is 22.9. The van der Waals surface area contributed by atoms with Gasteiger partial charge in [0, 0.05) is 18.7 Å². The molecule has 1 aromatic carbocycles. The first-order chi connectivity index (χ1) is 16.1. The van der Waals surface area contributed by atoms with Crippen molar-refractivity contribution in [2.24, 2.45) is 0 Å². The van der Waals surface area contributed by atoms with Crippen molar-refractivity contribution in [3.8, 4) is 28.8 Å². The number of benzene rings is 1. The number of hydrogen-bond acceptors (Lipinski definition) is 7. The van der Waals surface area contributed by atoms with Gasteiger partial charge in [0.05, 0.1) is 30.7 Å². The summed E-state index contributed by atoms with van der Waals surface area (Å²) in [5.74, 6) is 2.75. The standard InChI is InChI=1S/C23H23BrN6O3/c1-14-12-29(13-25-14)19-8-7-18(26-23(19)33-32-3)21-27-22-16(5-4-10-30(22)28-21)15-6-9-20(31-2)17(24)11-15/h6-9,11-13,16H,4-5,10H2,1-3H3. The molecule has 0 N–H and O–H groups in total. The van der Waals surface area contributed by atoms with Crippen LogP contribution in [-0.2, 0) is 11.4 Å². The van der Waals surface area contributed by atoms with E-state index < -0.39 is 0 Å². The summed E-state index contributed by atoms with van der Waals surface area (Å²) in [5, 5.41) is 4.75. The average molecular weight is 511 g/mol. The van der Waals surface area contributed by atoms with Crippen molar-refractivity contribution in [1.82, 2.24) is 29.3 Å². The number of aromatic nitrogens is 6. The zero-order valence-electron chi connectivity index (χ0n) is 18.5. The van der Waals surface area contributed by atoms with Gasteiger partial charge in [0.2, 0.25) is 0 Å². The van der Waals surface area contributed by atoms with Gasteiger partial charge in [-0.2, -0.15) is 4.89 Å². The number of ether oxygens (including phenoxy) is 1. The van der Waals surface area contributed by atoms with E-state index in [0.29, 0.717) is 23.1 Å². The van der Waals surface area contributed by atoms with Crippen LogP contribution in [0.5, 0.6) is 11.6 Å². The van der Waals surface area contributed by atoms with Gasteiger partial charge in [0.15, 0.2) is 5.82 Å². The Labute approximate surface area is 199 Å². The molecule has 0 aliphatic carbocycles. The molecular weight excluding hydrogens is 488 g/mol. The Kier molecular flexibility index (Phi) is 5.86. The monoisotopic (exact) mass is 510 g/mol. The number of aryl methyl sites for hydroxylation is 2. The average Bonchev–Trinajstić information content (AvgIpc) is 3.45. The molecule has 9 nitrogen and oxygen atoms in total. The van der Waals surface area contributed by atoms with Crippen molar-refractivity contribution >= 4 is 15.9 Å². The highest BCUT2D eigenvalue weighted by atomic mass is 79.9. The second kappa shape index (κ2) is 8.95. The predicted molar refractivity (Wildman–Crippen MR) is 125 cm³/mol. The second-order valence-electron chi connectivity index (χ2n) is 7.80. The Hall–Kier alpha value is -3.24. The van der Waals surface area contributed by atoms with Crippen LogP contribution in [0.2, 0.25) is 0 Å². The molecule has 33 heavy (non-hydrogen) atoms. The van der Waals surface area contributed by atoms with E-state index in [2.05, 4.69) is 38.0 Å². The molecule has 1 aliphatic heterocycles. The summed E-state index contributed by atoms with van der Waals surface area (Å²) >= 11 is 3.60. The molecule has 1 atom stereocenters. The van der Waals surface area contributed by atoms with E-state index in [1.54, 1.807) is 13.4 Å². The lowest BCUT2D eigenvalue weighted by atomic mass is 9.91. The molecule has 0 fully saturated rings. The SMILES string of the molecule is COOc1nc(-c2nc3n(n2)CCCC3c2ccc(OC)c(Br)c2)ccc1-n1cnc(C)c1. The van der Waals surface area contributed by atoms with Gasteiger partial charge in [-0.05, 0) is 65.5 Å². The van der Waals surface area contributed by atoms with Gasteiger partial charge in [0.25, 0.3) is 5.88 Å². The largest absolute Gasteiger partial charge is 0.496 e. The summed E-state index contributed by atoms with van der Waals surface area (Å²) < 4.78 is 10.1. The molecular formula is C23H23BrN6O3. The fourth-order valence-electron chi connectivity index (χ4n) is 4.12. The second-order valence-corrected chi connectivity index (χ2v) is 8.65. The van der Waals surface area contributed by atoms with Crippen LogP contribution >= 0.6 is 15.9 Å². The molecule has 10 heteroatoms. The normalized spacial score (nSPS) is 15.3. The third-order valence-electron chi connectivity index (χ3n) is 5.67. The Balaban J connectivity index is 1.51. The number of pyridine rings is 1. The van der Waals surface area contributed by atoms with Crippen LogP contribution in [0.3, 0.4) is 0 Å². The molecule has 3 aromatic heterocycles. The maximum Gasteiger partial charge on any atom is 0.281 e. The van der Waals surface area contributed by atoms with E-state index in [1.165, 1.54) is 12.7 Å². The maximum absolute atomic E-state index is 5.38. The van der Waals surface area contributed by atoms with Gasteiger partial charge in [0.1, 0.15) is 23.0 Å². The molecule has 1 aliphatic rings. The van der Waals surface area contributed by atoms with Crippen molar-refractivity contribution in [2.75, 3.05) is 14.2 Å². The molecule has 1 unspecified atom stereocenters.